The van der Waals surface area contributed by atoms with E-state index in [9.17, 15) is 9.59 Å². The lowest BCUT2D eigenvalue weighted by Crippen LogP contribution is -2.41. The Morgan fingerprint density at radius 3 is 2.51 bits per heavy atom. The second-order valence-corrected chi connectivity index (χ2v) is 10.8. The highest BCUT2D eigenvalue weighted by Crippen LogP contribution is 2.46. The fourth-order valence-electron chi connectivity index (χ4n) is 5.58. The van der Waals surface area contributed by atoms with Gasteiger partial charge in [0.25, 0.3) is 5.91 Å². The van der Waals surface area contributed by atoms with Crippen LogP contribution in [0.5, 0.6) is 5.75 Å². The minimum atomic E-state index is -0.524. The Morgan fingerprint density at radius 1 is 1.09 bits per heavy atom. The number of carbonyl (C=O) groups excluding carboxylic acids is 2. The predicted octanol–water partition coefficient (Wildman–Crippen LogP) is 4.38. The average molecular weight is 472 g/mol. The number of methoxy groups -OCH3 is 1. The molecule has 2 aliphatic heterocycles. The molecule has 6 nitrogen and oxygen atoms in total. The number of carbonyl (C=O) groups is 2. The van der Waals surface area contributed by atoms with Crippen LogP contribution in [-0.2, 0) is 9.59 Å². The molecular formula is C29H33N3O3. The largest absolute Gasteiger partial charge is 0.497 e. The van der Waals surface area contributed by atoms with Crippen LogP contribution in [0.4, 0.5) is 0 Å². The summed E-state index contributed by atoms with van der Waals surface area (Å²) in [5.41, 5.74) is 2.66. The van der Waals surface area contributed by atoms with Crippen molar-refractivity contribution in [3.8, 4) is 16.9 Å². The van der Waals surface area contributed by atoms with E-state index in [0.717, 1.165) is 73.5 Å². The van der Waals surface area contributed by atoms with Crippen LogP contribution in [0.3, 0.4) is 0 Å². The number of amides is 2. The van der Waals surface area contributed by atoms with Crippen LogP contribution >= 0.6 is 0 Å². The van der Waals surface area contributed by atoms with Crippen molar-refractivity contribution in [1.29, 1.82) is 0 Å². The molecule has 35 heavy (non-hydrogen) atoms. The zero-order valence-corrected chi connectivity index (χ0v) is 20.6. The van der Waals surface area contributed by atoms with Gasteiger partial charge in [-0.25, -0.2) is 0 Å². The third kappa shape index (κ3) is 4.13. The third-order valence-corrected chi connectivity index (χ3v) is 8.23. The number of benzene rings is 2. The maximum Gasteiger partial charge on any atom is 0.256 e. The number of likely N-dealkylation sites (tertiary alicyclic amines) is 1. The summed E-state index contributed by atoms with van der Waals surface area (Å²) >= 11 is 0. The molecule has 2 amide bonds. The highest BCUT2D eigenvalue weighted by molar-refractivity contribution is 6.16. The normalized spacial score (nSPS) is 23.5. The van der Waals surface area contributed by atoms with E-state index < -0.39 is 5.54 Å². The summed E-state index contributed by atoms with van der Waals surface area (Å²) in [5.74, 6) is 3.15. The summed E-state index contributed by atoms with van der Waals surface area (Å²) in [6, 6.07) is 16.4. The molecule has 1 spiro atoms. The molecule has 6 heteroatoms. The molecule has 0 radical (unpaired) electrons. The van der Waals surface area contributed by atoms with Crippen LogP contribution in [-0.4, -0.2) is 59.7 Å². The van der Waals surface area contributed by atoms with Crippen LogP contribution < -0.4 is 4.74 Å². The first-order valence-corrected chi connectivity index (χ1v) is 12.9. The van der Waals surface area contributed by atoms with E-state index in [1.54, 1.807) is 7.11 Å². The lowest BCUT2D eigenvalue weighted by Gasteiger charge is -2.27. The zero-order chi connectivity index (χ0) is 24.2. The first kappa shape index (κ1) is 22.3. The number of rotatable bonds is 7. The van der Waals surface area contributed by atoms with E-state index in [0.29, 0.717) is 24.3 Å². The standard InChI is InChI=1S/C29H33N3O3/c1-19(24-12-15-31(18-24)27(33)22-10-11-22)17-32-26(30-29(13-14-29)28(32)34)21-8-6-20(7-9-21)23-4-3-5-25(16-23)35-2/h3-9,16,19,22,24H,10-15,17-18H2,1-2H3. The lowest BCUT2D eigenvalue weighted by atomic mass is 9.92. The van der Waals surface area contributed by atoms with Gasteiger partial charge in [-0.05, 0) is 67.2 Å². The Morgan fingerprint density at radius 2 is 1.83 bits per heavy atom. The van der Waals surface area contributed by atoms with Gasteiger partial charge >= 0.3 is 0 Å². The van der Waals surface area contributed by atoms with Gasteiger partial charge in [-0.2, -0.15) is 0 Å². The molecule has 2 saturated carbocycles. The average Bonchev–Trinajstić information content (AvgIpc) is 3.81. The summed E-state index contributed by atoms with van der Waals surface area (Å²) in [5, 5.41) is 0. The van der Waals surface area contributed by atoms with Crippen LogP contribution in [0.15, 0.2) is 53.5 Å². The van der Waals surface area contributed by atoms with E-state index in [2.05, 4.69) is 42.2 Å². The molecule has 2 heterocycles. The number of hydrogen-bond acceptors (Lipinski definition) is 4. The van der Waals surface area contributed by atoms with Crippen molar-refractivity contribution in [3.63, 3.8) is 0 Å². The van der Waals surface area contributed by atoms with Crippen molar-refractivity contribution >= 4 is 17.6 Å². The quantitative estimate of drug-likeness (QED) is 0.602. The number of nitrogens with zero attached hydrogens (tertiary/aromatic N) is 3. The van der Waals surface area contributed by atoms with Gasteiger partial charge in [-0.15, -0.1) is 0 Å². The molecule has 2 aliphatic carbocycles. The Labute approximate surface area is 207 Å². The highest BCUT2D eigenvalue weighted by Gasteiger charge is 2.57. The fraction of sp³-hybridized carbons (Fsp3) is 0.483. The first-order chi connectivity index (χ1) is 17.0. The Bertz CT molecular complexity index is 1180. The monoisotopic (exact) mass is 471 g/mol. The minimum Gasteiger partial charge on any atom is -0.497 e. The molecule has 0 aromatic heterocycles. The van der Waals surface area contributed by atoms with Gasteiger partial charge in [0, 0.05) is 31.1 Å². The van der Waals surface area contributed by atoms with E-state index in [-0.39, 0.29) is 11.8 Å². The second-order valence-electron chi connectivity index (χ2n) is 10.8. The van der Waals surface area contributed by atoms with Gasteiger partial charge in [0.15, 0.2) is 0 Å². The van der Waals surface area contributed by atoms with Crippen LogP contribution in [0, 0.1) is 17.8 Å². The summed E-state index contributed by atoms with van der Waals surface area (Å²) in [4.78, 5) is 34.8. The Balaban J connectivity index is 1.19. The smallest absolute Gasteiger partial charge is 0.256 e. The molecule has 2 aromatic rings. The van der Waals surface area contributed by atoms with Crippen molar-refractivity contribution < 1.29 is 14.3 Å². The van der Waals surface area contributed by atoms with Crippen molar-refractivity contribution in [3.05, 3.63) is 54.1 Å². The Kier molecular flexibility index (Phi) is 5.42. The molecule has 2 aromatic carbocycles. The molecular weight excluding hydrogens is 438 g/mol. The maximum absolute atomic E-state index is 13.4. The van der Waals surface area contributed by atoms with E-state index >= 15 is 0 Å². The van der Waals surface area contributed by atoms with E-state index in [1.165, 1.54) is 0 Å². The van der Waals surface area contributed by atoms with Crippen molar-refractivity contribution in [2.75, 3.05) is 26.7 Å². The molecule has 2 atom stereocenters. The molecule has 6 rings (SSSR count). The van der Waals surface area contributed by atoms with E-state index in [1.807, 2.05) is 23.1 Å². The number of aliphatic imine (C=N–C) groups is 1. The molecule has 1 saturated heterocycles. The zero-order valence-electron chi connectivity index (χ0n) is 20.6. The van der Waals surface area contributed by atoms with Crippen LogP contribution in [0.25, 0.3) is 11.1 Å². The van der Waals surface area contributed by atoms with Gasteiger partial charge < -0.3 is 9.64 Å². The molecule has 3 fully saturated rings. The fourth-order valence-corrected chi connectivity index (χ4v) is 5.58. The molecule has 182 valence electrons. The third-order valence-electron chi connectivity index (χ3n) is 8.23. The van der Waals surface area contributed by atoms with Gasteiger partial charge in [-0.3, -0.25) is 19.5 Å². The second kappa shape index (κ2) is 8.51. The molecule has 0 bridgehead atoms. The summed E-state index contributed by atoms with van der Waals surface area (Å²) < 4.78 is 5.37. The molecule has 2 unspecified atom stereocenters. The minimum absolute atomic E-state index is 0.153. The number of ether oxygens (including phenoxy) is 1. The van der Waals surface area contributed by atoms with Crippen molar-refractivity contribution in [2.24, 2.45) is 22.7 Å². The summed E-state index contributed by atoms with van der Waals surface area (Å²) in [6.45, 7) is 4.57. The van der Waals surface area contributed by atoms with Crippen molar-refractivity contribution in [2.45, 2.75) is 44.6 Å². The van der Waals surface area contributed by atoms with Crippen LogP contribution in [0.2, 0.25) is 0 Å². The topological polar surface area (TPSA) is 62.2 Å². The number of amidine groups is 1. The Hall–Kier alpha value is -3.15. The van der Waals surface area contributed by atoms with Crippen LogP contribution in [0.1, 0.15) is 44.6 Å². The molecule has 0 N–H and O–H groups in total. The van der Waals surface area contributed by atoms with Crippen molar-refractivity contribution in [1.82, 2.24) is 9.80 Å². The lowest BCUT2D eigenvalue weighted by molar-refractivity contribution is -0.132. The SMILES string of the molecule is COc1cccc(-c2ccc(C3=NC4(CC4)C(=O)N3CC(C)C3CCN(C(=O)C4CC4)C3)cc2)c1. The van der Waals surface area contributed by atoms with Gasteiger partial charge in [-0.1, -0.05) is 43.3 Å². The summed E-state index contributed by atoms with van der Waals surface area (Å²) in [6.07, 6.45) is 4.81. The van der Waals surface area contributed by atoms with Gasteiger partial charge in [0.05, 0.1) is 7.11 Å². The maximum atomic E-state index is 13.4. The predicted molar refractivity (Wildman–Crippen MR) is 135 cm³/mol. The first-order valence-electron chi connectivity index (χ1n) is 12.9. The van der Waals surface area contributed by atoms with Gasteiger partial charge in [0.1, 0.15) is 17.1 Å². The van der Waals surface area contributed by atoms with E-state index in [4.69, 9.17) is 9.73 Å². The summed E-state index contributed by atoms with van der Waals surface area (Å²) in [7, 11) is 1.68. The molecule has 4 aliphatic rings. The highest BCUT2D eigenvalue weighted by atomic mass is 16.5. The van der Waals surface area contributed by atoms with Gasteiger partial charge in [0.2, 0.25) is 5.91 Å². The number of hydrogen-bond donors (Lipinski definition) is 0.